The molecule has 0 bridgehead atoms. The molecule has 1 nitrogen and oxygen atoms in total. The molecule has 0 aromatic carbocycles. The Balaban J connectivity index is 2.90. The first-order valence-electron chi connectivity index (χ1n) is 6.02. The molecule has 1 fully saturated rings. The van der Waals surface area contributed by atoms with Gasteiger partial charge >= 0.3 is 0 Å². The van der Waals surface area contributed by atoms with Gasteiger partial charge in [0.05, 0.1) is 6.61 Å². The summed E-state index contributed by atoms with van der Waals surface area (Å²) in [4.78, 5) is 0. The molecule has 0 amide bonds. The summed E-state index contributed by atoms with van der Waals surface area (Å²) in [6.07, 6.45) is 5.37. The maximum atomic E-state index is 9.28. The van der Waals surface area contributed by atoms with Crippen LogP contribution in [0.4, 0.5) is 0 Å². The highest BCUT2D eigenvalue weighted by molar-refractivity contribution is 5.16. The van der Waals surface area contributed by atoms with Gasteiger partial charge in [-0.3, -0.25) is 0 Å². The summed E-state index contributed by atoms with van der Waals surface area (Å²) < 4.78 is 0. The normalized spacial score (nSPS) is 34.4. The van der Waals surface area contributed by atoms with Crippen molar-refractivity contribution < 1.29 is 5.11 Å². The Kier molecular flexibility index (Phi) is 4.15. The van der Waals surface area contributed by atoms with Crippen molar-refractivity contribution in [3.8, 4) is 0 Å². The van der Waals surface area contributed by atoms with Crippen LogP contribution in [0.2, 0.25) is 0 Å². The second-order valence-electron chi connectivity index (χ2n) is 5.40. The van der Waals surface area contributed by atoms with Crippen molar-refractivity contribution in [1.29, 1.82) is 0 Å². The lowest BCUT2D eigenvalue weighted by molar-refractivity contribution is 0.154. The molecule has 0 aliphatic heterocycles. The Labute approximate surface area is 99.6 Å². The van der Waals surface area contributed by atoms with E-state index in [1.165, 1.54) is 12.0 Å². The van der Waals surface area contributed by atoms with Gasteiger partial charge in [0.25, 0.3) is 0 Å². The van der Waals surface area contributed by atoms with Crippen molar-refractivity contribution in [2.24, 2.45) is 17.3 Å². The third kappa shape index (κ3) is 2.46. The van der Waals surface area contributed by atoms with E-state index in [4.69, 9.17) is 0 Å². The van der Waals surface area contributed by atoms with Gasteiger partial charge in [-0.1, -0.05) is 31.7 Å². The van der Waals surface area contributed by atoms with Crippen LogP contribution in [0.3, 0.4) is 0 Å². The summed E-state index contributed by atoms with van der Waals surface area (Å²) in [7, 11) is 0. The second kappa shape index (κ2) is 5.01. The molecule has 1 N–H and O–H groups in total. The molecule has 1 heteroatoms. The van der Waals surface area contributed by atoms with Crippen molar-refractivity contribution in [2.45, 2.75) is 33.1 Å². The van der Waals surface area contributed by atoms with E-state index in [0.717, 1.165) is 18.4 Å². The molecule has 90 valence electrons. The van der Waals surface area contributed by atoms with Crippen LogP contribution in [0.15, 0.2) is 37.0 Å². The van der Waals surface area contributed by atoms with Crippen molar-refractivity contribution >= 4 is 0 Å². The van der Waals surface area contributed by atoms with Crippen molar-refractivity contribution in [3.63, 3.8) is 0 Å². The van der Waals surface area contributed by atoms with Gasteiger partial charge in [-0.05, 0) is 49.0 Å². The Morgan fingerprint density at radius 1 is 1.50 bits per heavy atom. The van der Waals surface area contributed by atoms with Gasteiger partial charge in [0.15, 0.2) is 0 Å². The van der Waals surface area contributed by atoms with Gasteiger partial charge in [0.1, 0.15) is 0 Å². The number of aliphatic hydroxyl groups is 1. The maximum absolute atomic E-state index is 9.28. The first-order chi connectivity index (χ1) is 7.44. The van der Waals surface area contributed by atoms with Crippen molar-refractivity contribution in [1.82, 2.24) is 0 Å². The van der Waals surface area contributed by atoms with Crippen molar-refractivity contribution in [2.75, 3.05) is 6.61 Å². The number of rotatable bonds is 4. The average molecular weight is 220 g/mol. The van der Waals surface area contributed by atoms with Crippen LogP contribution in [-0.2, 0) is 0 Å². The van der Waals surface area contributed by atoms with Gasteiger partial charge < -0.3 is 5.11 Å². The van der Waals surface area contributed by atoms with Crippen LogP contribution in [0.25, 0.3) is 0 Å². The van der Waals surface area contributed by atoms with E-state index >= 15 is 0 Å². The number of hydrogen-bond donors (Lipinski definition) is 1. The fourth-order valence-electron chi connectivity index (χ4n) is 2.77. The molecule has 0 aromatic heterocycles. The lowest BCUT2D eigenvalue weighted by Gasteiger charge is -2.43. The molecule has 0 radical (unpaired) electrons. The summed E-state index contributed by atoms with van der Waals surface area (Å²) in [6, 6.07) is 0. The fourth-order valence-corrected chi connectivity index (χ4v) is 2.77. The Morgan fingerprint density at radius 3 is 2.56 bits per heavy atom. The van der Waals surface area contributed by atoms with E-state index in [0.29, 0.717) is 11.8 Å². The minimum atomic E-state index is 0.0804. The topological polar surface area (TPSA) is 20.2 Å². The molecule has 1 aliphatic carbocycles. The van der Waals surface area contributed by atoms with E-state index in [1.807, 2.05) is 6.08 Å². The molecule has 1 aliphatic rings. The lowest BCUT2D eigenvalue weighted by atomic mass is 9.61. The van der Waals surface area contributed by atoms with Crippen LogP contribution < -0.4 is 0 Å². The lowest BCUT2D eigenvalue weighted by Crippen LogP contribution is -2.34. The number of allylic oxidation sites excluding steroid dienone is 2. The van der Waals surface area contributed by atoms with E-state index in [1.54, 1.807) is 0 Å². The smallest absolute Gasteiger partial charge is 0.0642 e. The first kappa shape index (κ1) is 13.2. The predicted molar refractivity (Wildman–Crippen MR) is 70.2 cm³/mol. The third-order valence-electron chi connectivity index (χ3n) is 4.21. The molecule has 1 rings (SSSR count). The van der Waals surface area contributed by atoms with Crippen LogP contribution in [0.1, 0.15) is 33.1 Å². The second-order valence-corrected chi connectivity index (χ2v) is 5.40. The quantitative estimate of drug-likeness (QED) is 0.716. The monoisotopic (exact) mass is 220 g/mol. The SMILES string of the molecule is C=C[C@]1(C)CC[C@@H](C(=C)C)C[C@H]1C(=C)CO. The summed E-state index contributed by atoms with van der Waals surface area (Å²) in [5.41, 5.74) is 2.28. The number of hydrogen-bond acceptors (Lipinski definition) is 1. The molecule has 0 saturated heterocycles. The Morgan fingerprint density at radius 2 is 2.12 bits per heavy atom. The van der Waals surface area contributed by atoms with Gasteiger partial charge in [0, 0.05) is 0 Å². The predicted octanol–water partition coefficient (Wildman–Crippen LogP) is 3.72. The van der Waals surface area contributed by atoms with Crippen molar-refractivity contribution in [3.05, 3.63) is 37.0 Å². The molecule has 0 unspecified atom stereocenters. The fraction of sp³-hybridized carbons (Fsp3) is 0.600. The first-order valence-corrected chi connectivity index (χ1v) is 6.02. The van der Waals surface area contributed by atoms with E-state index in [9.17, 15) is 5.11 Å². The average Bonchev–Trinajstić information content (AvgIpc) is 2.28. The Bertz CT molecular complexity index is 303. The highest BCUT2D eigenvalue weighted by Crippen LogP contribution is 2.48. The van der Waals surface area contributed by atoms with Gasteiger partial charge in [0.2, 0.25) is 0 Å². The molecule has 0 heterocycles. The van der Waals surface area contributed by atoms with E-state index < -0.39 is 0 Å². The van der Waals surface area contributed by atoms with Crippen LogP contribution in [0.5, 0.6) is 0 Å². The van der Waals surface area contributed by atoms with Crippen LogP contribution >= 0.6 is 0 Å². The molecule has 0 aromatic rings. The summed E-state index contributed by atoms with van der Waals surface area (Å²) in [5.74, 6) is 0.909. The molecule has 1 saturated carbocycles. The standard InChI is InChI=1S/C15H24O/c1-6-15(5)8-7-13(11(2)3)9-14(15)12(4)10-16/h6,13-14,16H,1-2,4,7-10H2,3,5H3/t13-,14+,15-/m1/s1. The molecule has 3 atom stereocenters. The zero-order valence-corrected chi connectivity index (χ0v) is 10.6. The van der Waals surface area contributed by atoms with Gasteiger partial charge in [-0.15, -0.1) is 6.58 Å². The maximum Gasteiger partial charge on any atom is 0.0642 e. The highest BCUT2D eigenvalue weighted by Gasteiger charge is 2.38. The van der Waals surface area contributed by atoms with Gasteiger partial charge in [-0.2, -0.15) is 0 Å². The molecule has 16 heavy (non-hydrogen) atoms. The highest BCUT2D eigenvalue weighted by atomic mass is 16.3. The minimum Gasteiger partial charge on any atom is -0.392 e. The minimum absolute atomic E-state index is 0.0804. The molecular formula is C15H24O. The molecular weight excluding hydrogens is 196 g/mol. The van der Waals surface area contributed by atoms with E-state index in [2.05, 4.69) is 33.6 Å². The zero-order chi connectivity index (χ0) is 12.3. The van der Waals surface area contributed by atoms with Crippen LogP contribution in [0, 0.1) is 17.3 Å². The van der Waals surface area contributed by atoms with E-state index in [-0.39, 0.29) is 12.0 Å². The zero-order valence-electron chi connectivity index (χ0n) is 10.6. The van der Waals surface area contributed by atoms with Crippen LogP contribution in [-0.4, -0.2) is 11.7 Å². The molecule has 0 spiro atoms. The Hall–Kier alpha value is -0.820. The third-order valence-corrected chi connectivity index (χ3v) is 4.21. The van der Waals surface area contributed by atoms with Gasteiger partial charge in [-0.25, -0.2) is 0 Å². The number of aliphatic hydroxyl groups excluding tert-OH is 1. The summed E-state index contributed by atoms with van der Waals surface area (Å²) >= 11 is 0. The summed E-state index contributed by atoms with van der Waals surface area (Å²) in [5, 5.41) is 9.28. The largest absolute Gasteiger partial charge is 0.392 e. The summed E-state index contributed by atoms with van der Waals surface area (Å²) in [6.45, 7) is 16.4.